The van der Waals surface area contributed by atoms with Crippen LogP contribution in [0.4, 0.5) is 4.39 Å². The van der Waals surface area contributed by atoms with E-state index in [2.05, 4.69) is 15.0 Å². The van der Waals surface area contributed by atoms with Gasteiger partial charge in [0, 0.05) is 18.3 Å². The second-order valence-electron chi connectivity index (χ2n) is 5.93. The fourth-order valence-electron chi connectivity index (χ4n) is 2.93. The lowest BCUT2D eigenvalue weighted by Crippen LogP contribution is -2.26. The number of nitrogens with zero attached hydrogens (tertiary/aromatic N) is 3. The highest BCUT2D eigenvalue weighted by Gasteiger charge is 2.23. The van der Waals surface area contributed by atoms with Gasteiger partial charge in [0.2, 0.25) is 0 Å². The van der Waals surface area contributed by atoms with Crippen molar-refractivity contribution in [2.45, 2.75) is 26.4 Å². The van der Waals surface area contributed by atoms with Crippen LogP contribution in [0.2, 0.25) is 0 Å². The van der Waals surface area contributed by atoms with Gasteiger partial charge in [-0.2, -0.15) is 0 Å². The van der Waals surface area contributed by atoms with E-state index in [0.29, 0.717) is 6.54 Å². The Labute approximate surface area is 140 Å². The largest absolute Gasteiger partial charge is 0.361 e. The van der Waals surface area contributed by atoms with E-state index in [9.17, 15) is 4.39 Å². The molecule has 0 spiro atoms. The molecule has 0 fully saturated rings. The van der Waals surface area contributed by atoms with Gasteiger partial charge in [-0.1, -0.05) is 23.4 Å². The molecule has 3 aromatic rings. The maximum Gasteiger partial charge on any atom is 0.138 e. The zero-order chi connectivity index (χ0) is 17.1. The molecular weight excluding hydrogens is 305 g/mol. The number of hydrogen-bond donors (Lipinski definition) is 0. The summed E-state index contributed by atoms with van der Waals surface area (Å²) in [7, 11) is 2.00. The van der Waals surface area contributed by atoms with Crippen LogP contribution in [0.3, 0.4) is 0 Å². The Morgan fingerprint density at radius 2 is 2.00 bits per heavy atom. The lowest BCUT2D eigenvalue weighted by atomic mass is 10.0. The predicted octanol–water partition coefficient (Wildman–Crippen LogP) is 4.05. The Hall–Kier alpha value is -2.53. The molecule has 0 unspecified atom stereocenters. The van der Waals surface area contributed by atoms with Crippen LogP contribution in [0.1, 0.15) is 34.3 Å². The van der Waals surface area contributed by atoms with E-state index in [-0.39, 0.29) is 11.9 Å². The average molecular weight is 325 g/mol. The monoisotopic (exact) mass is 325 g/mol. The van der Waals surface area contributed by atoms with Crippen molar-refractivity contribution in [1.82, 2.24) is 15.0 Å². The van der Waals surface area contributed by atoms with Gasteiger partial charge in [0.05, 0.1) is 17.4 Å². The molecule has 4 nitrogen and oxygen atoms in total. The van der Waals surface area contributed by atoms with Gasteiger partial charge < -0.3 is 4.52 Å². The quantitative estimate of drug-likeness (QED) is 0.710. The van der Waals surface area contributed by atoms with Crippen molar-refractivity contribution in [2.75, 3.05) is 7.05 Å². The summed E-state index contributed by atoms with van der Waals surface area (Å²) in [5.74, 6) is 0.553. The molecule has 0 aliphatic rings. The fraction of sp³-hybridized carbons (Fsp3) is 0.263. The summed E-state index contributed by atoms with van der Waals surface area (Å²) in [5.41, 5.74) is 3.66. The summed E-state index contributed by atoms with van der Waals surface area (Å²) >= 11 is 0. The Balaban J connectivity index is 1.98. The number of benzene rings is 1. The maximum atomic E-state index is 13.7. The number of halogens is 1. The third-order valence-electron chi connectivity index (χ3n) is 4.16. The molecule has 124 valence electrons. The Morgan fingerprint density at radius 3 is 2.62 bits per heavy atom. The van der Waals surface area contributed by atoms with Crippen LogP contribution in [0.15, 0.2) is 53.2 Å². The van der Waals surface area contributed by atoms with Gasteiger partial charge in [0.1, 0.15) is 11.6 Å². The van der Waals surface area contributed by atoms with E-state index in [1.54, 1.807) is 18.3 Å². The standard InChI is InChI=1S/C19H20FN3O/c1-13-17(14(2)24-22-13)12-23(3)19(18-9-4-5-10-21-18)15-7-6-8-16(20)11-15/h4-11,19H,12H2,1-3H3/t19-/m1/s1. The first-order chi connectivity index (χ1) is 11.6. The molecule has 24 heavy (non-hydrogen) atoms. The summed E-state index contributed by atoms with van der Waals surface area (Å²) in [6.45, 7) is 4.47. The van der Waals surface area contributed by atoms with Crippen LogP contribution in [0.25, 0.3) is 0 Å². The molecule has 0 aliphatic heterocycles. The third kappa shape index (κ3) is 3.36. The molecule has 5 heteroatoms. The van der Waals surface area contributed by atoms with Crippen molar-refractivity contribution < 1.29 is 8.91 Å². The summed E-state index contributed by atoms with van der Waals surface area (Å²) in [5, 5.41) is 4.01. The summed E-state index contributed by atoms with van der Waals surface area (Å²) in [6.07, 6.45) is 1.76. The minimum atomic E-state index is -0.251. The Bertz CT molecular complexity index is 797. The first kappa shape index (κ1) is 16.3. The van der Waals surface area contributed by atoms with Crippen LogP contribution in [-0.2, 0) is 6.54 Å². The van der Waals surface area contributed by atoms with Gasteiger partial charge in [0.15, 0.2) is 0 Å². The molecule has 0 saturated heterocycles. The second-order valence-corrected chi connectivity index (χ2v) is 5.93. The number of hydrogen-bond acceptors (Lipinski definition) is 4. The Kier molecular flexibility index (Phi) is 4.71. The van der Waals surface area contributed by atoms with E-state index in [4.69, 9.17) is 4.52 Å². The number of aryl methyl sites for hydroxylation is 2. The minimum absolute atomic E-state index is 0.157. The van der Waals surface area contributed by atoms with Gasteiger partial charge in [-0.05, 0) is 50.7 Å². The van der Waals surface area contributed by atoms with Crippen LogP contribution >= 0.6 is 0 Å². The summed E-state index contributed by atoms with van der Waals surface area (Å²) in [6, 6.07) is 12.3. The first-order valence-corrected chi connectivity index (χ1v) is 7.84. The van der Waals surface area contributed by atoms with Crippen molar-refractivity contribution in [3.8, 4) is 0 Å². The second kappa shape index (κ2) is 6.93. The maximum absolute atomic E-state index is 13.7. The molecule has 0 aliphatic carbocycles. The van der Waals surface area contributed by atoms with E-state index in [1.165, 1.54) is 6.07 Å². The van der Waals surface area contributed by atoms with Crippen molar-refractivity contribution >= 4 is 0 Å². The van der Waals surface area contributed by atoms with Crippen molar-refractivity contribution in [2.24, 2.45) is 0 Å². The molecule has 3 rings (SSSR count). The molecule has 2 heterocycles. The van der Waals surface area contributed by atoms with Crippen molar-refractivity contribution in [3.63, 3.8) is 0 Å². The molecular formula is C19H20FN3O. The lowest BCUT2D eigenvalue weighted by Gasteiger charge is -2.28. The lowest BCUT2D eigenvalue weighted by molar-refractivity contribution is 0.263. The van der Waals surface area contributed by atoms with Crippen LogP contribution < -0.4 is 0 Å². The summed E-state index contributed by atoms with van der Waals surface area (Å²) < 4.78 is 19.0. The molecule has 1 aromatic carbocycles. The number of aromatic nitrogens is 2. The predicted molar refractivity (Wildman–Crippen MR) is 89.9 cm³/mol. The van der Waals surface area contributed by atoms with Gasteiger partial charge in [0.25, 0.3) is 0 Å². The Morgan fingerprint density at radius 1 is 1.17 bits per heavy atom. The fourth-order valence-corrected chi connectivity index (χ4v) is 2.93. The molecule has 0 N–H and O–H groups in total. The highest BCUT2D eigenvalue weighted by molar-refractivity contribution is 5.29. The minimum Gasteiger partial charge on any atom is -0.361 e. The zero-order valence-electron chi connectivity index (χ0n) is 14.0. The molecule has 2 aromatic heterocycles. The van der Waals surface area contributed by atoms with E-state index in [0.717, 1.165) is 28.3 Å². The van der Waals surface area contributed by atoms with Gasteiger partial charge in [-0.25, -0.2) is 4.39 Å². The first-order valence-electron chi connectivity index (χ1n) is 7.84. The van der Waals surface area contributed by atoms with Gasteiger partial charge >= 0.3 is 0 Å². The number of rotatable bonds is 5. The van der Waals surface area contributed by atoms with Crippen molar-refractivity contribution in [3.05, 3.63) is 82.8 Å². The highest BCUT2D eigenvalue weighted by Crippen LogP contribution is 2.29. The SMILES string of the molecule is Cc1noc(C)c1CN(C)[C@H](c1cccc(F)c1)c1ccccn1. The van der Waals surface area contributed by atoms with Gasteiger partial charge in [-0.15, -0.1) is 0 Å². The molecule has 0 radical (unpaired) electrons. The molecule has 0 amide bonds. The van der Waals surface area contributed by atoms with E-state index >= 15 is 0 Å². The molecule has 0 saturated carbocycles. The van der Waals surface area contributed by atoms with E-state index in [1.807, 2.05) is 45.2 Å². The molecule has 1 atom stereocenters. The van der Waals surface area contributed by atoms with Crippen LogP contribution in [0, 0.1) is 19.7 Å². The van der Waals surface area contributed by atoms with Crippen LogP contribution in [0.5, 0.6) is 0 Å². The number of pyridine rings is 1. The van der Waals surface area contributed by atoms with Crippen molar-refractivity contribution in [1.29, 1.82) is 0 Å². The van der Waals surface area contributed by atoms with Gasteiger partial charge in [-0.3, -0.25) is 9.88 Å². The highest BCUT2D eigenvalue weighted by atomic mass is 19.1. The third-order valence-corrected chi connectivity index (χ3v) is 4.16. The van der Waals surface area contributed by atoms with Crippen LogP contribution in [-0.4, -0.2) is 22.1 Å². The normalized spacial score (nSPS) is 12.5. The topological polar surface area (TPSA) is 42.2 Å². The van der Waals surface area contributed by atoms with E-state index < -0.39 is 0 Å². The average Bonchev–Trinajstić information content (AvgIpc) is 2.88. The zero-order valence-corrected chi connectivity index (χ0v) is 14.0. The smallest absolute Gasteiger partial charge is 0.138 e. The summed E-state index contributed by atoms with van der Waals surface area (Å²) in [4.78, 5) is 6.61. The molecule has 0 bridgehead atoms.